The highest BCUT2D eigenvalue weighted by molar-refractivity contribution is 5.83. The second-order valence-corrected chi connectivity index (χ2v) is 4.67. The SMILES string of the molecule is O=C(Cc1ccc2cc[nH]c2c1)NCc1ccccn1. The predicted molar refractivity (Wildman–Crippen MR) is 78.1 cm³/mol. The molecule has 4 heteroatoms. The van der Waals surface area contributed by atoms with Gasteiger partial charge in [0, 0.05) is 17.9 Å². The number of carbonyl (C=O) groups is 1. The van der Waals surface area contributed by atoms with E-state index in [0.717, 1.165) is 22.2 Å². The van der Waals surface area contributed by atoms with Crippen molar-refractivity contribution in [2.75, 3.05) is 0 Å². The van der Waals surface area contributed by atoms with Gasteiger partial charge in [-0.3, -0.25) is 9.78 Å². The first-order valence-corrected chi connectivity index (χ1v) is 6.54. The van der Waals surface area contributed by atoms with Gasteiger partial charge in [-0.2, -0.15) is 0 Å². The Labute approximate surface area is 116 Å². The lowest BCUT2D eigenvalue weighted by Crippen LogP contribution is -2.24. The van der Waals surface area contributed by atoms with Crippen LogP contribution < -0.4 is 5.32 Å². The second kappa shape index (κ2) is 5.57. The molecule has 4 nitrogen and oxygen atoms in total. The summed E-state index contributed by atoms with van der Waals surface area (Å²) in [4.78, 5) is 19.2. The van der Waals surface area contributed by atoms with E-state index in [0.29, 0.717) is 13.0 Å². The largest absolute Gasteiger partial charge is 0.361 e. The van der Waals surface area contributed by atoms with Gasteiger partial charge in [0.05, 0.1) is 18.7 Å². The number of aromatic nitrogens is 2. The average molecular weight is 265 g/mol. The molecule has 0 aliphatic carbocycles. The van der Waals surface area contributed by atoms with Crippen molar-refractivity contribution >= 4 is 16.8 Å². The Hall–Kier alpha value is -2.62. The van der Waals surface area contributed by atoms with Gasteiger partial charge in [0.15, 0.2) is 0 Å². The van der Waals surface area contributed by atoms with E-state index in [1.807, 2.05) is 48.7 Å². The maximum atomic E-state index is 11.9. The number of aromatic amines is 1. The molecule has 2 heterocycles. The Morgan fingerprint density at radius 1 is 1.20 bits per heavy atom. The van der Waals surface area contributed by atoms with E-state index in [1.54, 1.807) is 6.20 Å². The lowest BCUT2D eigenvalue weighted by molar-refractivity contribution is -0.120. The molecule has 2 N–H and O–H groups in total. The molecule has 0 spiro atoms. The maximum absolute atomic E-state index is 11.9. The zero-order chi connectivity index (χ0) is 13.8. The maximum Gasteiger partial charge on any atom is 0.224 e. The summed E-state index contributed by atoms with van der Waals surface area (Å²) in [6.45, 7) is 0.463. The quantitative estimate of drug-likeness (QED) is 0.761. The van der Waals surface area contributed by atoms with Crippen LogP contribution in [0.5, 0.6) is 0 Å². The molecular formula is C16H15N3O. The number of fused-ring (bicyclic) bond motifs is 1. The van der Waals surface area contributed by atoms with Crippen LogP contribution in [0.2, 0.25) is 0 Å². The topological polar surface area (TPSA) is 57.8 Å². The van der Waals surface area contributed by atoms with E-state index in [-0.39, 0.29) is 5.91 Å². The zero-order valence-electron chi connectivity index (χ0n) is 11.0. The first-order chi connectivity index (χ1) is 9.81. The van der Waals surface area contributed by atoms with Crippen molar-refractivity contribution in [3.63, 3.8) is 0 Å². The van der Waals surface area contributed by atoms with Crippen LogP contribution in [0.1, 0.15) is 11.3 Å². The van der Waals surface area contributed by atoms with Crippen LogP contribution in [0.4, 0.5) is 0 Å². The number of hydrogen-bond acceptors (Lipinski definition) is 2. The molecule has 0 saturated carbocycles. The van der Waals surface area contributed by atoms with Crippen LogP contribution in [0.25, 0.3) is 10.9 Å². The van der Waals surface area contributed by atoms with Crippen molar-refractivity contribution in [2.45, 2.75) is 13.0 Å². The molecule has 0 unspecified atom stereocenters. The Morgan fingerprint density at radius 3 is 3.00 bits per heavy atom. The summed E-state index contributed by atoms with van der Waals surface area (Å²) in [5.41, 5.74) is 2.92. The smallest absolute Gasteiger partial charge is 0.224 e. The number of rotatable bonds is 4. The predicted octanol–water partition coefficient (Wildman–Crippen LogP) is 2.42. The molecule has 0 saturated heterocycles. The highest BCUT2D eigenvalue weighted by Gasteiger charge is 2.05. The number of amides is 1. The molecular weight excluding hydrogens is 250 g/mol. The number of H-pyrrole nitrogens is 1. The van der Waals surface area contributed by atoms with E-state index in [1.165, 1.54) is 0 Å². The Morgan fingerprint density at radius 2 is 2.15 bits per heavy atom. The molecule has 1 amide bonds. The fraction of sp³-hybridized carbons (Fsp3) is 0.125. The second-order valence-electron chi connectivity index (χ2n) is 4.67. The third kappa shape index (κ3) is 2.85. The van der Waals surface area contributed by atoms with Crippen LogP contribution in [0.3, 0.4) is 0 Å². The molecule has 2 aromatic heterocycles. The van der Waals surface area contributed by atoms with Gasteiger partial charge in [0.25, 0.3) is 0 Å². The fourth-order valence-electron chi connectivity index (χ4n) is 2.14. The van der Waals surface area contributed by atoms with Gasteiger partial charge >= 0.3 is 0 Å². The summed E-state index contributed by atoms with van der Waals surface area (Å²) in [5.74, 6) is 0.00144. The van der Waals surface area contributed by atoms with Crippen LogP contribution in [0, 0.1) is 0 Å². The summed E-state index contributed by atoms with van der Waals surface area (Å²) >= 11 is 0. The number of nitrogens with zero attached hydrogens (tertiary/aromatic N) is 1. The minimum absolute atomic E-state index is 0.00144. The Kier molecular flexibility index (Phi) is 3.46. The number of pyridine rings is 1. The van der Waals surface area contributed by atoms with Gasteiger partial charge in [-0.25, -0.2) is 0 Å². The van der Waals surface area contributed by atoms with Gasteiger partial charge < -0.3 is 10.3 Å². The van der Waals surface area contributed by atoms with Crippen LogP contribution in [0.15, 0.2) is 54.9 Å². The molecule has 3 rings (SSSR count). The number of benzene rings is 1. The van der Waals surface area contributed by atoms with E-state index >= 15 is 0 Å². The number of carbonyl (C=O) groups excluding carboxylic acids is 1. The van der Waals surface area contributed by atoms with E-state index < -0.39 is 0 Å². The third-order valence-electron chi connectivity index (χ3n) is 3.18. The average Bonchev–Trinajstić information content (AvgIpc) is 2.94. The standard InChI is InChI=1S/C16H15N3O/c20-16(19-11-14-3-1-2-7-17-14)10-12-4-5-13-6-8-18-15(13)9-12/h1-9,18H,10-11H2,(H,19,20). The van der Waals surface area contributed by atoms with Crippen molar-refractivity contribution in [3.8, 4) is 0 Å². The first kappa shape index (κ1) is 12.4. The van der Waals surface area contributed by atoms with E-state index in [4.69, 9.17) is 0 Å². The Bertz CT molecular complexity index is 719. The summed E-state index contributed by atoms with van der Waals surface area (Å²) < 4.78 is 0. The lowest BCUT2D eigenvalue weighted by atomic mass is 10.1. The number of nitrogens with one attached hydrogen (secondary N) is 2. The molecule has 1 aromatic carbocycles. The molecule has 0 fully saturated rings. The van der Waals surface area contributed by atoms with Crippen LogP contribution >= 0.6 is 0 Å². The summed E-state index contributed by atoms with van der Waals surface area (Å²) in [7, 11) is 0. The monoisotopic (exact) mass is 265 g/mol. The summed E-state index contributed by atoms with van der Waals surface area (Å²) in [5, 5.41) is 4.03. The molecule has 0 atom stereocenters. The van der Waals surface area contributed by atoms with Crippen LogP contribution in [-0.2, 0) is 17.8 Å². The minimum Gasteiger partial charge on any atom is -0.361 e. The van der Waals surface area contributed by atoms with E-state index in [2.05, 4.69) is 15.3 Å². The summed E-state index contributed by atoms with van der Waals surface area (Å²) in [6, 6.07) is 13.7. The molecule has 0 radical (unpaired) electrons. The molecule has 100 valence electrons. The van der Waals surface area contributed by atoms with Gasteiger partial charge in [0.1, 0.15) is 0 Å². The first-order valence-electron chi connectivity index (χ1n) is 6.54. The van der Waals surface area contributed by atoms with Gasteiger partial charge in [0.2, 0.25) is 5.91 Å². The zero-order valence-corrected chi connectivity index (χ0v) is 11.0. The highest BCUT2D eigenvalue weighted by Crippen LogP contribution is 2.14. The molecule has 0 aliphatic rings. The van der Waals surface area contributed by atoms with Crippen molar-refractivity contribution in [1.29, 1.82) is 0 Å². The molecule has 0 aliphatic heterocycles. The van der Waals surface area contributed by atoms with Crippen molar-refractivity contribution in [2.24, 2.45) is 0 Å². The van der Waals surface area contributed by atoms with Crippen molar-refractivity contribution < 1.29 is 4.79 Å². The Balaban J connectivity index is 1.61. The number of hydrogen-bond donors (Lipinski definition) is 2. The molecule has 0 bridgehead atoms. The lowest BCUT2D eigenvalue weighted by Gasteiger charge is -2.05. The summed E-state index contributed by atoms with van der Waals surface area (Å²) in [6.07, 6.45) is 4.00. The minimum atomic E-state index is 0.00144. The fourth-order valence-corrected chi connectivity index (χ4v) is 2.14. The molecule has 3 aromatic rings. The third-order valence-corrected chi connectivity index (χ3v) is 3.18. The van der Waals surface area contributed by atoms with Crippen molar-refractivity contribution in [1.82, 2.24) is 15.3 Å². The van der Waals surface area contributed by atoms with Crippen LogP contribution in [-0.4, -0.2) is 15.9 Å². The van der Waals surface area contributed by atoms with E-state index in [9.17, 15) is 4.79 Å². The van der Waals surface area contributed by atoms with Crippen molar-refractivity contribution in [3.05, 3.63) is 66.1 Å². The van der Waals surface area contributed by atoms with Gasteiger partial charge in [-0.05, 0) is 35.2 Å². The highest BCUT2D eigenvalue weighted by atomic mass is 16.1. The van der Waals surface area contributed by atoms with Gasteiger partial charge in [-0.1, -0.05) is 18.2 Å². The normalized spacial score (nSPS) is 10.6. The molecule has 20 heavy (non-hydrogen) atoms. The van der Waals surface area contributed by atoms with Gasteiger partial charge in [-0.15, -0.1) is 0 Å².